The topological polar surface area (TPSA) is 26.3 Å². The molecule has 0 aromatic heterocycles. The van der Waals surface area contributed by atoms with Crippen molar-refractivity contribution in [3.63, 3.8) is 0 Å². The molecule has 0 fully saturated rings. The Balaban J connectivity index is 0.000000770. The normalized spacial score (nSPS) is 9.06. The van der Waals surface area contributed by atoms with Gasteiger partial charge in [-0.2, -0.15) is 0 Å². The van der Waals surface area contributed by atoms with Gasteiger partial charge in [-0.3, -0.25) is 4.79 Å². The van der Waals surface area contributed by atoms with E-state index < -0.39 is 0 Å². The molecule has 1 aromatic rings. The van der Waals surface area contributed by atoms with Crippen molar-refractivity contribution in [2.75, 3.05) is 6.61 Å². The average molecular weight is 257 g/mol. The molecule has 0 saturated heterocycles. The van der Waals surface area contributed by atoms with Crippen molar-refractivity contribution in [1.29, 1.82) is 0 Å². The summed E-state index contributed by atoms with van der Waals surface area (Å²) in [6, 6.07) is 10.0. The molecule has 0 bridgehead atoms. The molecule has 0 aliphatic heterocycles. The van der Waals surface area contributed by atoms with Crippen LogP contribution in [0.1, 0.15) is 39.0 Å². The van der Waals surface area contributed by atoms with E-state index in [0.29, 0.717) is 0 Å². The molecule has 3 heteroatoms. The van der Waals surface area contributed by atoms with Gasteiger partial charge in [-0.25, -0.2) is 0 Å². The Labute approximate surface area is 109 Å². The van der Waals surface area contributed by atoms with Gasteiger partial charge in [0.1, 0.15) is 5.75 Å². The fraction of sp³-hybridized carbons (Fsp3) is 0.500. The summed E-state index contributed by atoms with van der Waals surface area (Å²) in [5, 5.41) is 0. The second-order valence-corrected chi connectivity index (χ2v) is 3.84. The number of unbranched alkanes of at least 4 members (excludes halogenated alkanes) is 4. The fourth-order valence-corrected chi connectivity index (χ4v) is 1.41. The van der Waals surface area contributed by atoms with Gasteiger partial charge in [0.2, 0.25) is 5.75 Å². The second-order valence-electron chi connectivity index (χ2n) is 3.66. The molecule has 0 radical (unpaired) electrons. The van der Waals surface area contributed by atoms with Gasteiger partial charge >= 0.3 is 0 Å². The molecule has 0 saturated carbocycles. The lowest BCUT2D eigenvalue weighted by atomic mass is 10.2. The summed E-state index contributed by atoms with van der Waals surface area (Å²) in [5.41, 5.74) is 0. The van der Waals surface area contributed by atoms with Crippen LogP contribution in [0.2, 0.25) is 0 Å². The van der Waals surface area contributed by atoms with E-state index in [-0.39, 0.29) is 5.75 Å². The third-order valence-corrected chi connectivity index (χ3v) is 2.26. The quantitative estimate of drug-likeness (QED) is 0.409. The minimum atomic E-state index is 0.222. The number of hydrogen-bond acceptors (Lipinski definition) is 2. The van der Waals surface area contributed by atoms with Gasteiger partial charge in [0.25, 0.3) is 0 Å². The highest BCUT2D eigenvalue weighted by atomic mass is 35.5. The van der Waals surface area contributed by atoms with Gasteiger partial charge in [0.15, 0.2) is 0 Å². The highest BCUT2D eigenvalue weighted by Gasteiger charge is 1.91. The van der Waals surface area contributed by atoms with Gasteiger partial charge in [0.05, 0.1) is 6.61 Å². The first-order chi connectivity index (χ1) is 8.35. The first-order valence-corrected chi connectivity index (χ1v) is 6.50. The van der Waals surface area contributed by atoms with E-state index in [1.807, 2.05) is 30.3 Å². The fourth-order valence-electron chi connectivity index (χ4n) is 1.41. The average Bonchev–Trinajstić information content (AvgIpc) is 2.36. The maximum atomic E-state index is 8.57. The number of carbonyl (C=O) groups excluding carboxylic acids is 1. The first kappa shape index (κ1) is 16.0. The van der Waals surface area contributed by atoms with Gasteiger partial charge in [0, 0.05) is 0 Å². The molecular formula is C14H21ClO2. The molecule has 96 valence electrons. The van der Waals surface area contributed by atoms with Crippen LogP contribution in [0.5, 0.6) is 5.75 Å². The van der Waals surface area contributed by atoms with Crippen molar-refractivity contribution in [2.24, 2.45) is 0 Å². The van der Waals surface area contributed by atoms with Crippen LogP contribution in [0.4, 0.5) is 0 Å². The van der Waals surface area contributed by atoms with Crippen molar-refractivity contribution < 1.29 is 9.53 Å². The van der Waals surface area contributed by atoms with E-state index in [4.69, 9.17) is 9.53 Å². The van der Waals surface area contributed by atoms with Crippen LogP contribution < -0.4 is 4.74 Å². The Kier molecular flexibility index (Phi) is 12.3. The van der Waals surface area contributed by atoms with Gasteiger partial charge in [-0.15, -0.1) is 0 Å². The molecule has 0 aliphatic rings. The van der Waals surface area contributed by atoms with E-state index >= 15 is 0 Å². The van der Waals surface area contributed by atoms with Gasteiger partial charge < -0.3 is 4.74 Å². The lowest BCUT2D eigenvalue weighted by Crippen LogP contribution is -1.96. The van der Waals surface area contributed by atoms with Crippen molar-refractivity contribution in [2.45, 2.75) is 39.0 Å². The molecule has 0 aliphatic carbocycles. The second kappa shape index (κ2) is 13.0. The third-order valence-electron chi connectivity index (χ3n) is 2.26. The van der Waals surface area contributed by atoms with Crippen LogP contribution in [-0.4, -0.2) is 12.4 Å². The van der Waals surface area contributed by atoms with Crippen LogP contribution in [0.25, 0.3) is 0 Å². The van der Waals surface area contributed by atoms with E-state index in [9.17, 15) is 0 Å². The lowest BCUT2D eigenvalue weighted by Gasteiger charge is -2.04. The molecule has 0 N–H and O–H groups in total. The number of ether oxygens (including phenoxy) is 1. The van der Waals surface area contributed by atoms with Crippen LogP contribution in [0.15, 0.2) is 30.3 Å². The van der Waals surface area contributed by atoms with Gasteiger partial charge in [-0.05, 0) is 30.2 Å². The predicted molar refractivity (Wildman–Crippen MR) is 73.3 cm³/mol. The van der Waals surface area contributed by atoms with E-state index in [0.717, 1.165) is 12.4 Å². The minimum absolute atomic E-state index is 0.222. The molecule has 1 rings (SSSR count). The zero-order valence-electron chi connectivity index (χ0n) is 10.4. The minimum Gasteiger partial charge on any atom is -0.494 e. The summed E-state index contributed by atoms with van der Waals surface area (Å²) in [5.74, 6) is 1.21. The summed E-state index contributed by atoms with van der Waals surface area (Å²) in [7, 11) is 0. The SMILES string of the molecule is CCCCCCCOc1ccccc1.O=CCl. The monoisotopic (exact) mass is 256 g/mol. The summed E-state index contributed by atoms with van der Waals surface area (Å²) >= 11 is 4.32. The standard InChI is InChI=1S/C13H20O.CHClO/c1-2-3-4-5-9-12-14-13-10-7-6-8-11-13;2-1-3/h6-8,10-11H,2-5,9,12H2,1H3;1H. The molecule has 0 atom stereocenters. The number of benzene rings is 1. The molecular weight excluding hydrogens is 236 g/mol. The zero-order chi connectivity index (χ0) is 12.8. The van der Waals surface area contributed by atoms with Crippen molar-refractivity contribution in [3.05, 3.63) is 30.3 Å². The van der Waals surface area contributed by atoms with E-state index in [2.05, 4.69) is 18.5 Å². The smallest absolute Gasteiger partial charge is 0.208 e. The Morgan fingerprint density at radius 3 is 2.29 bits per heavy atom. The maximum absolute atomic E-state index is 8.57. The summed E-state index contributed by atoms with van der Waals surface area (Å²) in [4.78, 5) is 8.57. The Morgan fingerprint density at radius 1 is 1.12 bits per heavy atom. The van der Waals surface area contributed by atoms with Crippen LogP contribution in [0.3, 0.4) is 0 Å². The number of carbonyl (C=O) groups is 1. The largest absolute Gasteiger partial charge is 0.494 e. The maximum Gasteiger partial charge on any atom is 0.208 e. The van der Waals surface area contributed by atoms with Crippen molar-refractivity contribution in [3.8, 4) is 5.75 Å². The van der Waals surface area contributed by atoms with Crippen molar-refractivity contribution >= 4 is 17.3 Å². The summed E-state index contributed by atoms with van der Waals surface area (Å²) < 4.78 is 5.59. The van der Waals surface area contributed by atoms with E-state index in [1.54, 1.807) is 0 Å². The van der Waals surface area contributed by atoms with Crippen molar-refractivity contribution in [1.82, 2.24) is 0 Å². The molecule has 2 nitrogen and oxygen atoms in total. The molecule has 0 unspecified atom stereocenters. The number of para-hydroxylation sites is 1. The molecule has 1 aromatic carbocycles. The van der Waals surface area contributed by atoms with Crippen LogP contribution in [0, 0.1) is 0 Å². The highest BCUT2D eigenvalue weighted by Crippen LogP contribution is 2.09. The van der Waals surface area contributed by atoms with Crippen LogP contribution >= 0.6 is 11.6 Å². The Morgan fingerprint density at radius 2 is 1.71 bits per heavy atom. The molecule has 0 spiro atoms. The first-order valence-electron chi connectivity index (χ1n) is 6.06. The Hall–Kier alpha value is -1.02. The number of halogens is 1. The predicted octanol–water partition coefficient (Wildman–Crippen LogP) is 4.45. The molecule has 0 heterocycles. The molecule has 17 heavy (non-hydrogen) atoms. The number of hydrogen-bond donors (Lipinski definition) is 0. The highest BCUT2D eigenvalue weighted by molar-refractivity contribution is 6.54. The van der Waals surface area contributed by atoms with E-state index in [1.165, 1.54) is 32.1 Å². The van der Waals surface area contributed by atoms with Gasteiger partial charge in [-0.1, -0.05) is 50.8 Å². The number of rotatable bonds is 7. The molecule has 0 amide bonds. The third kappa shape index (κ3) is 11.2. The summed E-state index contributed by atoms with van der Waals surface area (Å²) in [6.45, 7) is 3.09. The lowest BCUT2D eigenvalue weighted by molar-refractivity contribution is 0.304. The zero-order valence-corrected chi connectivity index (χ0v) is 11.2. The Bertz CT molecular complexity index is 262. The summed E-state index contributed by atoms with van der Waals surface area (Å²) in [6.07, 6.45) is 6.47. The van der Waals surface area contributed by atoms with Crippen LogP contribution in [-0.2, 0) is 4.79 Å².